The zero-order valence-corrected chi connectivity index (χ0v) is 17.3. The molecule has 4 rings (SSSR count). The molecule has 4 aromatic rings. The lowest BCUT2D eigenvalue weighted by atomic mass is 9.92. The van der Waals surface area contributed by atoms with E-state index in [-0.39, 0.29) is 5.78 Å². The van der Waals surface area contributed by atoms with E-state index in [0.29, 0.717) is 26.2 Å². The molecule has 1 heterocycles. The molecule has 0 saturated heterocycles. The summed E-state index contributed by atoms with van der Waals surface area (Å²) in [6.07, 6.45) is 1.92. The minimum absolute atomic E-state index is 0.0887. The molecular formula is C23H15Cl2NOS. The molecule has 1 aromatic heterocycles. The third-order valence-electron chi connectivity index (χ3n) is 4.51. The average molecular weight is 424 g/mol. The predicted octanol–water partition coefficient (Wildman–Crippen LogP) is 7.16. The Kier molecular flexibility index (Phi) is 5.40. The number of hydrogen-bond acceptors (Lipinski definition) is 3. The molecule has 0 atom stereocenters. The van der Waals surface area contributed by atoms with E-state index < -0.39 is 0 Å². The third-order valence-corrected chi connectivity index (χ3v) is 5.76. The number of benzene rings is 3. The molecule has 0 aliphatic rings. The van der Waals surface area contributed by atoms with Crippen molar-refractivity contribution in [1.82, 2.24) is 4.98 Å². The fraction of sp³-hybridized carbons (Fsp3) is 0.0435. The van der Waals surface area contributed by atoms with Crippen molar-refractivity contribution in [2.24, 2.45) is 0 Å². The van der Waals surface area contributed by atoms with Gasteiger partial charge < -0.3 is 0 Å². The van der Waals surface area contributed by atoms with Crippen LogP contribution in [0.2, 0.25) is 10.0 Å². The van der Waals surface area contributed by atoms with Crippen LogP contribution in [0.4, 0.5) is 0 Å². The van der Waals surface area contributed by atoms with Crippen molar-refractivity contribution in [3.05, 3.63) is 94.0 Å². The molecule has 28 heavy (non-hydrogen) atoms. The van der Waals surface area contributed by atoms with Crippen LogP contribution in [0.1, 0.15) is 15.9 Å². The number of carbonyl (C=O) groups excluding carboxylic acids is 1. The summed E-state index contributed by atoms with van der Waals surface area (Å²) in [7, 11) is 0. The summed E-state index contributed by atoms with van der Waals surface area (Å²) in [5.74, 6) is -0.0887. The molecule has 0 spiro atoms. The summed E-state index contributed by atoms with van der Waals surface area (Å²) >= 11 is 14.3. The van der Waals surface area contributed by atoms with Gasteiger partial charge in [0.1, 0.15) is 5.03 Å². The molecule has 0 fully saturated rings. The topological polar surface area (TPSA) is 30.0 Å². The van der Waals surface area contributed by atoms with Crippen LogP contribution in [0.25, 0.3) is 22.0 Å². The first-order chi connectivity index (χ1) is 13.6. The van der Waals surface area contributed by atoms with Gasteiger partial charge in [0.15, 0.2) is 5.78 Å². The number of carbonyl (C=O) groups is 1. The van der Waals surface area contributed by atoms with E-state index in [9.17, 15) is 4.79 Å². The van der Waals surface area contributed by atoms with Crippen molar-refractivity contribution in [1.29, 1.82) is 0 Å². The van der Waals surface area contributed by atoms with Gasteiger partial charge >= 0.3 is 0 Å². The molecule has 0 N–H and O–H groups in total. The second-order valence-corrected chi connectivity index (χ2v) is 7.85. The standard InChI is InChI=1S/C23H15Cl2NOS/c1-28-23-21(22(27)14-7-3-2-4-8-14)20(16-9-5-6-10-18(16)25)17-13-15(24)11-12-19(17)26-23/h2-13H,1H3. The van der Waals surface area contributed by atoms with Crippen molar-refractivity contribution < 1.29 is 4.79 Å². The summed E-state index contributed by atoms with van der Waals surface area (Å²) in [6, 6.07) is 22.3. The Bertz CT molecular complexity index is 1190. The highest BCUT2D eigenvalue weighted by molar-refractivity contribution is 7.98. The van der Waals surface area contributed by atoms with Crippen LogP contribution >= 0.6 is 35.0 Å². The Morgan fingerprint density at radius 2 is 1.64 bits per heavy atom. The fourth-order valence-electron chi connectivity index (χ4n) is 3.25. The van der Waals surface area contributed by atoms with E-state index in [1.807, 2.05) is 73.0 Å². The molecule has 0 amide bonds. The molecule has 138 valence electrons. The lowest BCUT2D eigenvalue weighted by Gasteiger charge is -2.17. The highest BCUT2D eigenvalue weighted by atomic mass is 35.5. The highest BCUT2D eigenvalue weighted by Gasteiger charge is 2.24. The zero-order valence-electron chi connectivity index (χ0n) is 14.9. The SMILES string of the molecule is CSc1nc2ccc(Cl)cc2c(-c2ccccc2Cl)c1C(=O)c1ccccc1. The van der Waals surface area contributed by atoms with Crippen LogP contribution in [0, 0.1) is 0 Å². The van der Waals surface area contributed by atoms with Gasteiger partial charge in [-0.15, -0.1) is 11.8 Å². The molecule has 0 unspecified atom stereocenters. The maximum Gasteiger partial charge on any atom is 0.196 e. The Morgan fingerprint density at radius 3 is 2.36 bits per heavy atom. The van der Waals surface area contributed by atoms with E-state index in [0.717, 1.165) is 22.0 Å². The molecule has 0 saturated carbocycles. The average Bonchev–Trinajstić information content (AvgIpc) is 2.73. The summed E-state index contributed by atoms with van der Waals surface area (Å²) in [4.78, 5) is 18.3. The lowest BCUT2D eigenvalue weighted by molar-refractivity contribution is 0.103. The summed E-state index contributed by atoms with van der Waals surface area (Å²) in [5, 5.41) is 2.62. The monoisotopic (exact) mass is 423 g/mol. The van der Waals surface area contributed by atoms with Crippen molar-refractivity contribution in [2.45, 2.75) is 5.03 Å². The number of pyridine rings is 1. The van der Waals surface area contributed by atoms with Crippen molar-refractivity contribution in [3.8, 4) is 11.1 Å². The second-order valence-electron chi connectivity index (χ2n) is 6.21. The van der Waals surface area contributed by atoms with Crippen LogP contribution in [0.3, 0.4) is 0 Å². The second kappa shape index (κ2) is 7.96. The third kappa shape index (κ3) is 3.42. The van der Waals surface area contributed by atoms with Crippen LogP contribution in [-0.2, 0) is 0 Å². The lowest BCUT2D eigenvalue weighted by Crippen LogP contribution is -2.08. The Labute approximate surface area is 177 Å². The number of halogens is 2. The minimum atomic E-state index is -0.0887. The van der Waals surface area contributed by atoms with Crippen LogP contribution in [0.5, 0.6) is 0 Å². The number of aromatic nitrogens is 1. The van der Waals surface area contributed by atoms with Crippen LogP contribution in [-0.4, -0.2) is 17.0 Å². The fourth-order valence-corrected chi connectivity index (χ4v) is 4.24. The van der Waals surface area contributed by atoms with Gasteiger partial charge in [0.2, 0.25) is 0 Å². The van der Waals surface area contributed by atoms with Gasteiger partial charge in [-0.3, -0.25) is 4.79 Å². The van der Waals surface area contributed by atoms with Gasteiger partial charge in [0, 0.05) is 32.1 Å². The molecule has 0 bridgehead atoms. The van der Waals surface area contributed by atoms with E-state index >= 15 is 0 Å². The van der Waals surface area contributed by atoms with Gasteiger partial charge in [-0.05, 0) is 30.5 Å². The van der Waals surface area contributed by atoms with Crippen molar-refractivity contribution >= 4 is 51.6 Å². The van der Waals surface area contributed by atoms with Crippen LogP contribution < -0.4 is 0 Å². The Hall–Kier alpha value is -2.33. The maximum atomic E-state index is 13.5. The van der Waals surface area contributed by atoms with Gasteiger partial charge in [-0.1, -0.05) is 71.7 Å². The maximum absolute atomic E-state index is 13.5. The molecule has 5 heteroatoms. The van der Waals surface area contributed by atoms with Gasteiger partial charge in [0.25, 0.3) is 0 Å². The van der Waals surface area contributed by atoms with Crippen LogP contribution in [0.15, 0.2) is 77.8 Å². The summed E-state index contributed by atoms with van der Waals surface area (Å²) in [5.41, 5.74) is 3.47. The Morgan fingerprint density at radius 1 is 0.929 bits per heavy atom. The minimum Gasteiger partial charge on any atom is -0.288 e. The van der Waals surface area contributed by atoms with Gasteiger partial charge in [-0.2, -0.15) is 0 Å². The molecule has 0 aliphatic carbocycles. The molecular weight excluding hydrogens is 409 g/mol. The molecule has 3 aromatic carbocycles. The Balaban J connectivity index is 2.14. The number of ketones is 1. The first-order valence-electron chi connectivity index (χ1n) is 8.62. The quantitative estimate of drug-likeness (QED) is 0.257. The van der Waals surface area contributed by atoms with Gasteiger partial charge in [-0.25, -0.2) is 4.98 Å². The highest BCUT2D eigenvalue weighted by Crippen LogP contribution is 2.40. The van der Waals surface area contributed by atoms with E-state index in [1.165, 1.54) is 11.8 Å². The number of nitrogens with zero attached hydrogens (tertiary/aromatic N) is 1. The zero-order chi connectivity index (χ0) is 19.7. The van der Waals surface area contributed by atoms with E-state index in [4.69, 9.17) is 28.2 Å². The molecule has 2 nitrogen and oxygen atoms in total. The van der Waals surface area contributed by atoms with Crippen molar-refractivity contribution in [3.63, 3.8) is 0 Å². The number of hydrogen-bond donors (Lipinski definition) is 0. The smallest absolute Gasteiger partial charge is 0.196 e. The first-order valence-corrected chi connectivity index (χ1v) is 10.6. The summed E-state index contributed by atoms with van der Waals surface area (Å²) < 4.78 is 0. The molecule has 0 radical (unpaired) electrons. The predicted molar refractivity (Wildman–Crippen MR) is 119 cm³/mol. The number of fused-ring (bicyclic) bond motifs is 1. The molecule has 0 aliphatic heterocycles. The largest absolute Gasteiger partial charge is 0.288 e. The van der Waals surface area contributed by atoms with Gasteiger partial charge in [0.05, 0.1) is 11.1 Å². The first kappa shape index (κ1) is 19.0. The van der Waals surface area contributed by atoms with E-state index in [2.05, 4.69) is 0 Å². The van der Waals surface area contributed by atoms with Crippen molar-refractivity contribution in [2.75, 3.05) is 6.26 Å². The summed E-state index contributed by atoms with van der Waals surface area (Å²) in [6.45, 7) is 0. The van der Waals surface area contributed by atoms with E-state index in [1.54, 1.807) is 6.07 Å². The normalized spacial score (nSPS) is 11.0. The number of thioether (sulfide) groups is 1. The number of rotatable bonds is 4.